The minimum atomic E-state index is -2.54. The molecule has 2 fully saturated rings. The molecule has 51 heavy (non-hydrogen) atoms. The molecular weight excluding hydrogens is 745 g/mol. The van der Waals surface area contributed by atoms with Gasteiger partial charge < -0.3 is 53.4 Å². The van der Waals surface area contributed by atoms with Crippen LogP contribution in [0.25, 0.3) is 10.8 Å². The number of hydrogen-bond donors (Lipinski definition) is 3. The average Bonchev–Trinajstić information content (AvgIpc) is 3.06. The molecule has 0 saturated carbocycles. The second-order valence-electron chi connectivity index (χ2n) is 11.5. The van der Waals surface area contributed by atoms with Gasteiger partial charge in [0.15, 0.2) is 37.0 Å². The van der Waals surface area contributed by atoms with Gasteiger partial charge in [0.1, 0.15) is 24.4 Å². The molecule has 0 aromatic heterocycles. The summed E-state index contributed by atoms with van der Waals surface area (Å²) in [5, 5.41) is 25.8. The molecule has 3 N–H and O–H groups in total. The number of benzene rings is 2. The van der Waals surface area contributed by atoms with Crippen molar-refractivity contribution in [3.8, 4) is 0 Å². The van der Waals surface area contributed by atoms with E-state index in [1.165, 1.54) is 0 Å². The van der Waals surface area contributed by atoms with Crippen molar-refractivity contribution >= 4 is 75.4 Å². The van der Waals surface area contributed by atoms with Crippen molar-refractivity contribution in [3.63, 3.8) is 0 Å². The Morgan fingerprint density at radius 3 is 2.02 bits per heavy atom. The Morgan fingerprint density at radius 1 is 0.824 bits per heavy atom. The van der Waals surface area contributed by atoms with Gasteiger partial charge in [-0.2, -0.15) is 0 Å². The third-order valence-corrected chi connectivity index (χ3v) is 8.28. The highest BCUT2D eigenvalue weighted by Crippen LogP contribution is 2.35. The van der Waals surface area contributed by atoms with Crippen molar-refractivity contribution in [2.24, 2.45) is 0 Å². The Kier molecular flexibility index (Phi) is 13.9. The van der Waals surface area contributed by atoms with E-state index in [1.54, 1.807) is 6.07 Å². The molecule has 10 atom stereocenters. The second kappa shape index (κ2) is 17.5. The number of alkyl halides is 3. The largest absolute Gasteiger partial charge is 0.467 e. The molecule has 2 heterocycles. The van der Waals surface area contributed by atoms with Crippen LogP contribution in [0.5, 0.6) is 0 Å². The number of ether oxygens (including phenoxy) is 8. The fraction of sp³-hybridized carbons (Fsp3) is 0.531. The second-order valence-corrected chi connectivity index (χ2v) is 13.8. The lowest BCUT2D eigenvalue weighted by Gasteiger charge is -2.48. The van der Waals surface area contributed by atoms with E-state index in [9.17, 15) is 34.2 Å². The molecule has 1 amide bonds. The summed E-state index contributed by atoms with van der Waals surface area (Å²) in [6, 6.07) is 11.5. The van der Waals surface area contributed by atoms with E-state index in [-0.39, 0.29) is 6.61 Å². The summed E-state index contributed by atoms with van der Waals surface area (Å²) >= 11 is 17.6. The molecule has 4 rings (SSSR count). The summed E-state index contributed by atoms with van der Waals surface area (Å²) in [4.78, 5) is 62.6. The van der Waals surface area contributed by atoms with E-state index in [0.29, 0.717) is 5.56 Å². The lowest BCUT2D eigenvalue weighted by molar-refractivity contribution is -0.343. The van der Waals surface area contributed by atoms with Crippen molar-refractivity contribution in [2.75, 3.05) is 13.7 Å². The lowest BCUT2D eigenvalue weighted by atomic mass is 9.94. The number of nitrogens with one attached hydrogen (secondary N) is 1. The van der Waals surface area contributed by atoms with Crippen molar-refractivity contribution in [1.29, 1.82) is 0 Å². The summed E-state index contributed by atoms with van der Waals surface area (Å²) in [6.45, 7) is 2.08. The number of halogens is 3. The van der Waals surface area contributed by atoms with Gasteiger partial charge in [-0.05, 0) is 22.4 Å². The van der Waals surface area contributed by atoms with E-state index < -0.39 is 102 Å². The van der Waals surface area contributed by atoms with Crippen LogP contribution in [-0.4, -0.2) is 119 Å². The highest BCUT2D eigenvalue weighted by atomic mass is 35.6. The van der Waals surface area contributed by atoms with E-state index >= 15 is 0 Å². The number of hydrogen-bond acceptors (Lipinski definition) is 15. The Hall–Kier alpha value is -3.32. The number of aliphatic hydroxyl groups excluding tert-OH is 2. The minimum Gasteiger partial charge on any atom is -0.467 e. The standard InChI is InChI=1S/C32H36Cl3NO15/c1-14(38)46-24-25(47-15(2)39)27(48-16(3)40)30(51-26(24)28(42)44-4)50-23-21(36-31(43)32(33,34)35)29(49-20(12-37)22(23)41)45-13-17-9-10-18-7-5-6-8-19(18)11-17/h5-11,20-27,29-30,37,41H,12-13H2,1-4H3,(H,36,43)/t20-,21-,22+,23-,24+,25+,26+,27-,29-,30-/m1/s1. The maximum absolute atomic E-state index is 13.0. The van der Waals surface area contributed by atoms with Gasteiger partial charge in [-0.25, -0.2) is 4.79 Å². The summed E-state index contributed by atoms with van der Waals surface area (Å²) in [5.74, 6) is -5.15. The number of methoxy groups -OCH3 is 1. The van der Waals surface area contributed by atoms with Gasteiger partial charge >= 0.3 is 23.9 Å². The molecule has 0 spiro atoms. The number of carbonyl (C=O) groups excluding carboxylic acids is 5. The zero-order chi connectivity index (χ0) is 37.6. The van der Waals surface area contributed by atoms with Crippen molar-refractivity contribution in [3.05, 3.63) is 48.0 Å². The molecule has 2 aromatic carbocycles. The Morgan fingerprint density at radius 2 is 1.43 bits per heavy atom. The van der Waals surface area contributed by atoms with Gasteiger partial charge in [-0.1, -0.05) is 71.2 Å². The monoisotopic (exact) mass is 779 g/mol. The van der Waals surface area contributed by atoms with Crippen molar-refractivity contribution < 1.29 is 72.1 Å². The number of rotatable bonds is 11. The van der Waals surface area contributed by atoms with Gasteiger partial charge in [-0.3, -0.25) is 19.2 Å². The quantitative estimate of drug-likeness (QED) is 0.167. The number of carbonyl (C=O) groups is 5. The summed E-state index contributed by atoms with van der Waals surface area (Å²) < 4.78 is 42.2. The molecule has 0 bridgehead atoms. The molecule has 16 nitrogen and oxygen atoms in total. The molecule has 2 aliphatic rings. The maximum Gasteiger partial charge on any atom is 0.339 e. The van der Waals surface area contributed by atoms with Crippen LogP contribution in [0.4, 0.5) is 0 Å². The topological polar surface area (TPSA) is 212 Å². The third-order valence-electron chi connectivity index (χ3n) is 7.76. The third kappa shape index (κ3) is 10.2. The summed E-state index contributed by atoms with van der Waals surface area (Å²) in [6.07, 6.45) is -15.5. The normalized spacial score (nSPS) is 29.4. The fourth-order valence-electron chi connectivity index (χ4n) is 5.61. The summed E-state index contributed by atoms with van der Waals surface area (Å²) in [7, 11) is 0.999. The Balaban J connectivity index is 1.75. The average molecular weight is 781 g/mol. The first-order chi connectivity index (χ1) is 24.0. The van der Waals surface area contributed by atoms with E-state index in [2.05, 4.69) is 5.32 Å². The van der Waals surface area contributed by atoms with Crippen LogP contribution < -0.4 is 5.32 Å². The SMILES string of the molecule is COC(=O)[C@H]1O[C@@H](O[C@H]2[C@@H](O)[C@@H](CO)O[C@@H](OCc3ccc4ccccc4c3)[C@@H]2NC(=O)C(Cl)(Cl)Cl)[C@H](OC(C)=O)[C@@H](OC(C)=O)[C@@H]1OC(C)=O. The molecule has 0 unspecified atom stereocenters. The smallest absolute Gasteiger partial charge is 0.339 e. The minimum absolute atomic E-state index is 0.129. The van der Waals surface area contributed by atoms with E-state index in [0.717, 1.165) is 38.7 Å². The van der Waals surface area contributed by atoms with Crippen LogP contribution in [0.3, 0.4) is 0 Å². The van der Waals surface area contributed by atoms with Gasteiger partial charge in [-0.15, -0.1) is 0 Å². The first-order valence-electron chi connectivity index (χ1n) is 15.4. The van der Waals surface area contributed by atoms with Crippen LogP contribution in [0.15, 0.2) is 42.5 Å². The predicted molar refractivity (Wildman–Crippen MR) is 175 cm³/mol. The van der Waals surface area contributed by atoms with Gasteiger partial charge in [0.25, 0.3) is 9.70 Å². The van der Waals surface area contributed by atoms with Crippen molar-refractivity contribution in [2.45, 2.75) is 92.5 Å². The van der Waals surface area contributed by atoms with E-state index in [4.69, 9.17) is 72.7 Å². The fourth-order valence-corrected chi connectivity index (χ4v) is 5.77. The first kappa shape index (κ1) is 40.5. The van der Waals surface area contributed by atoms with Crippen LogP contribution in [0.2, 0.25) is 0 Å². The molecule has 0 radical (unpaired) electrons. The first-order valence-corrected chi connectivity index (χ1v) is 16.5. The predicted octanol–water partition coefficient (Wildman–Crippen LogP) is 1.37. The zero-order valence-electron chi connectivity index (χ0n) is 27.6. The number of esters is 4. The number of amides is 1. The zero-order valence-corrected chi connectivity index (χ0v) is 29.8. The van der Waals surface area contributed by atoms with Gasteiger partial charge in [0, 0.05) is 20.8 Å². The lowest BCUT2D eigenvalue weighted by Crippen LogP contribution is -2.69. The van der Waals surface area contributed by atoms with Crippen molar-refractivity contribution in [1.82, 2.24) is 5.32 Å². The van der Waals surface area contributed by atoms with Gasteiger partial charge in [0.2, 0.25) is 0 Å². The van der Waals surface area contributed by atoms with Gasteiger partial charge in [0.05, 0.1) is 20.3 Å². The molecule has 280 valence electrons. The highest BCUT2D eigenvalue weighted by Gasteiger charge is 2.58. The van der Waals surface area contributed by atoms with Crippen LogP contribution in [-0.2, 0) is 68.5 Å². The van der Waals surface area contributed by atoms with E-state index in [1.807, 2.05) is 36.4 Å². The van der Waals surface area contributed by atoms with Crippen LogP contribution >= 0.6 is 34.8 Å². The molecular formula is C32H36Cl3NO15. The van der Waals surface area contributed by atoms with Crippen LogP contribution in [0, 0.1) is 0 Å². The Bertz CT molecular complexity index is 1590. The molecule has 0 aliphatic carbocycles. The number of fused-ring (bicyclic) bond motifs is 1. The number of aliphatic hydroxyl groups is 2. The molecule has 19 heteroatoms. The molecule has 2 aliphatic heterocycles. The molecule has 2 saturated heterocycles. The maximum atomic E-state index is 13.0. The van der Waals surface area contributed by atoms with Crippen LogP contribution in [0.1, 0.15) is 26.3 Å². The highest BCUT2D eigenvalue weighted by molar-refractivity contribution is 6.76. The molecule has 2 aromatic rings. The summed E-state index contributed by atoms with van der Waals surface area (Å²) in [5.41, 5.74) is 0.667. The Labute approximate surface area is 306 Å².